The number of nitrogens with one attached hydrogen (secondary N) is 1. The van der Waals surface area contributed by atoms with Crippen LogP contribution >= 0.6 is 0 Å². The maximum atomic E-state index is 5.25. The summed E-state index contributed by atoms with van der Waals surface area (Å²) < 4.78 is 0. The average molecular weight is 745 g/mol. The molecule has 0 aliphatic carbocycles. The van der Waals surface area contributed by atoms with Crippen molar-refractivity contribution >= 4 is 22.6 Å². The van der Waals surface area contributed by atoms with Crippen LogP contribution in [0.5, 0.6) is 0 Å². The van der Waals surface area contributed by atoms with Gasteiger partial charge in [0.2, 0.25) is 0 Å². The number of hydrogen-bond acceptors (Lipinski definition) is 6. The zero-order valence-electron chi connectivity index (χ0n) is 31.4. The third-order valence-corrected chi connectivity index (χ3v) is 10.4. The van der Waals surface area contributed by atoms with Crippen LogP contribution in [0, 0.1) is 0 Å². The van der Waals surface area contributed by atoms with Crippen molar-refractivity contribution in [3.05, 3.63) is 223 Å². The first-order valence-corrected chi connectivity index (χ1v) is 19.4. The quantitative estimate of drug-likeness (QED) is 0.168. The van der Waals surface area contributed by atoms with Crippen molar-refractivity contribution in [1.29, 1.82) is 0 Å². The van der Waals surface area contributed by atoms with E-state index in [4.69, 9.17) is 24.9 Å². The lowest BCUT2D eigenvalue weighted by Gasteiger charge is -2.24. The largest absolute Gasteiger partial charge is 0.344 e. The number of fused-ring (bicyclic) bond motifs is 1. The first-order chi connectivity index (χ1) is 28.7. The van der Waals surface area contributed by atoms with Gasteiger partial charge in [-0.1, -0.05) is 176 Å². The SMILES string of the molecule is c1ccc(C2=NC(c3ccccc3-c3cc(-c4ccccc4-c4nc(-c5ccccc5)cc(-c5ccccc5)n4)cc4cccnc34)=NC(c3ccccc3)N2)cc1. The Kier molecular flexibility index (Phi) is 9.18. The number of hydrogen-bond donors (Lipinski definition) is 1. The average Bonchev–Trinajstić information content (AvgIpc) is 3.32. The van der Waals surface area contributed by atoms with E-state index in [0.29, 0.717) is 11.7 Å². The number of rotatable bonds is 8. The number of aliphatic imine (C=N–C) groups is 2. The number of nitrogens with zero attached hydrogens (tertiary/aromatic N) is 5. The minimum absolute atomic E-state index is 0.322. The second kappa shape index (κ2) is 15.4. The lowest BCUT2D eigenvalue weighted by molar-refractivity contribution is 0.674. The van der Waals surface area contributed by atoms with Gasteiger partial charge in [0.15, 0.2) is 11.7 Å². The Morgan fingerprint density at radius 2 is 0.966 bits per heavy atom. The summed E-state index contributed by atoms with van der Waals surface area (Å²) in [5.41, 5.74) is 12.6. The zero-order chi connectivity index (χ0) is 38.7. The molecule has 0 amide bonds. The van der Waals surface area contributed by atoms with E-state index in [1.807, 2.05) is 85.1 Å². The standard InChI is InChI=1S/C52H36N6/c1-5-18-35(19-6-1)46-34-47(36-20-7-2-8-21-36)55-51(54-46)43-29-15-13-27-41(43)40-32-39-26-17-31-53-48(39)45(33-40)42-28-14-16-30-44(42)52-57-49(37-22-9-3-10-23-37)56-50(58-52)38-24-11-4-12-25-38/h1-34,49H,(H,56,57,58). The molecule has 0 spiro atoms. The molecule has 9 aromatic rings. The molecule has 1 aliphatic rings. The summed E-state index contributed by atoms with van der Waals surface area (Å²) in [6.07, 6.45) is 1.53. The van der Waals surface area contributed by atoms with Crippen LogP contribution in [-0.4, -0.2) is 26.6 Å². The molecule has 0 saturated carbocycles. The van der Waals surface area contributed by atoms with Crippen LogP contribution in [0.15, 0.2) is 216 Å². The minimum Gasteiger partial charge on any atom is -0.344 e. The summed E-state index contributed by atoms with van der Waals surface area (Å²) in [7, 11) is 0. The van der Waals surface area contributed by atoms with Gasteiger partial charge in [0.05, 0.1) is 16.9 Å². The van der Waals surface area contributed by atoms with E-state index < -0.39 is 0 Å². The molecule has 1 unspecified atom stereocenters. The summed E-state index contributed by atoms with van der Waals surface area (Å²) in [6, 6.07) is 68.5. The third kappa shape index (κ3) is 6.84. The molecular formula is C52H36N6. The van der Waals surface area contributed by atoms with E-state index in [0.717, 1.165) is 83.8 Å². The number of aromatic nitrogens is 3. The van der Waals surface area contributed by atoms with Crippen LogP contribution in [0.25, 0.3) is 67.1 Å². The molecule has 1 atom stereocenters. The van der Waals surface area contributed by atoms with Gasteiger partial charge in [0.1, 0.15) is 12.0 Å². The fourth-order valence-corrected chi connectivity index (χ4v) is 7.60. The molecule has 10 rings (SSSR count). The summed E-state index contributed by atoms with van der Waals surface area (Å²) in [4.78, 5) is 25.8. The summed E-state index contributed by atoms with van der Waals surface area (Å²) >= 11 is 0. The molecular weight excluding hydrogens is 709 g/mol. The van der Waals surface area contributed by atoms with Crippen molar-refractivity contribution in [3.8, 4) is 56.2 Å². The lowest BCUT2D eigenvalue weighted by atomic mass is 9.91. The highest BCUT2D eigenvalue weighted by molar-refractivity contribution is 6.16. The van der Waals surface area contributed by atoms with Gasteiger partial charge in [-0.05, 0) is 46.5 Å². The summed E-state index contributed by atoms with van der Waals surface area (Å²) in [5.74, 6) is 2.08. The van der Waals surface area contributed by atoms with Gasteiger partial charge in [-0.2, -0.15) is 0 Å². The fourth-order valence-electron chi connectivity index (χ4n) is 7.60. The van der Waals surface area contributed by atoms with E-state index in [1.54, 1.807) is 0 Å². The van der Waals surface area contributed by atoms with Crippen LogP contribution in [0.4, 0.5) is 0 Å². The maximum Gasteiger partial charge on any atom is 0.161 e. The Hall–Kier alpha value is -7.83. The maximum absolute atomic E-state index is 5.25. The van der Waals surface area contributed by atoms with Gasteiger partial charge in [-0.15, -0.1) is 0 Å². The molecule has 1 N–H and O–H groups in total. The molecule has 0 fully saturated rings. The van der Waals surface area contributed by atoms with Crippen LogP contribution < -0.4 is 5.32 Å². The van der Waals surface area contributed by atoms with Crippen LogP contribution in [0.1, 0.15) is 22.9 Å². The topological polar surface area (TPSA) is 75.4 Å². The Balaban J connectivity index is 1.15. The smallest absolute Gasteiger partial charge is 0.161 e. The Bertz CT molecular complexity index is 2910. The molecule has 0 radical (unpaired) electrons. The van der Waals surface area contributed by atoms with Gasteiger partial charge >= 0.3 is 0 Å². The summed E-state index contributed by atoms with van der Waals surface area (Å²) in [5, 5.41) is 4.61. The lowest BCUT2D eigenvalue weighted by Crippen LogP contribution is -2.33. The van der Waals surface area contributed by atoms with Crippen molar-refractivity contribution in [2.75, 3.05) is 0 Å². The predicted molar refractivity (Wildman–Crippen MR) is 236 cm³/mol. The molecule has 6 nitrogen and oxygen atoms in total. The van der Waals surface area contributed by atoms with Gasteiger partial charge in [-0.25, -0.2) is 20.0 Å². The predicted octanol–water partition coefficient (Wildman–Crippen LogP) is 11.9. The molecule has 0 bridgehead atoms. The van der Waals surface area contributed by atoms with E-state index >= 15 is 0 Å². The van der Waals surface area contributed by atoms with Crippen molar-refractivity contribution in [2.45, 2.75) is 6.17 Å². The fraction of sp³-hybridized carbons (Fsp3) is 0.0192. The number of benzene rings is 7. The second-order valence-corrected chi connectivity index (χ2v) is 14.1. The first-order valence-electron chi connectivity index (χ1n) is 19.4. The van der Waals surface area contributed by atoms with Gasteiger partial charge < -0.3 is 5.32 Å². The zero-order valence-corrected chi connectivity index (χ0v) is 31.4. The van der Waals surface area contributed by atoms with E-state index in [-0.39, 0.29) is 6.17 Å². The van der Waals surface area contributed by atoms with E-state index in [9.17, 15) is 0 Å². The molecule has 0 saturated heterocycles. The molecule has 7 aromatic carbocycles. The third-order valence-electron chi connectivity index (χ3n) is 10.4. The number of amidine groups is 2. The van der Waals surface area contributed by atoms with Crippen LogP contribution in [0.2, 0.25) is 0 Å². The highest BCUT2D eigenvalue weighted by Crippen LogP contribution is 2.39. The summed E-state index contributed by atoms with van der Waals surface area (Å²) in [6.45, 7) is 0. The second-order valence-electron chi connectivity index (χ2n) is 14.1. The minimum atomic E-state index is -0.322. The monoisotopic (exact) mass is 744 g/mol. The molecule has 2 aromatic heterocycles. The van der Waals surface area contributed by atoms with Crippen molar-refractivity contribution in [2.24, 2.45) is 9.98 Å². The molecule has 1 aliphatic heterocycles. The molecule has 274 valence electrons. The van der Waals surface area contributed by atoms with Crippen molar-refractivity contribution in [3.63, 3.8) is 0 Å². The number of pyridine rings is 1. The molecule has 6 heteroatoms. The van der Waals surface area contributed by atoms with E-state index in [2.05, 4.69) is 127 Å². The Labute approximate surface area is 337 Å². The van der Waals surface area contributed by atoms with Gasteiger partial charge in [-0.3, -0.25) is 4.98 Å². The van der Waals surface area contributed by atoms with Crippen molar-refractivity contribution in [1.82, 2.24) is 20.3 Å². The Morgan fingerprint density at radius 1 is 0.414 bits per heavy atom. The highest BCUT2D eigenvalue weighted by Gasteiger charge is 2.24. The molecule has 3 heterocycles. The van der Waals surface area contributed by atoms with Crippen LogP contribution in [-0.2, 0) is 0 Å². The van der Waals surface area contributed by atoms with Gasteiger partial charge in [0.25, 0.3) is 0 Å². The highest BCUT2D eigenvalue weighted by atomic mass is 15.2. The normalized spacial score (nSPS) is 13.7. The van der Waals surface area contributed by atoms with E-state index in [1.165, 1.54) is 0 Å². The molecule has 58 heavy (non-hydrogen) atoms. The Morgan fingerprint density at radius 3 is 1.62 bits per heavy atom. The van der Waals surface area contributed by atoms with Gasteiger partial charge in [0, 0.05) is 45.0 Å². The van der Waals surface area contributed by atoms with Crippen LogP contribution in [0.3, 0.4) is 0 Å². The first kappa shape index (κ1) is 34.6. The van der Waals surface area contributed by atoms with Crippen molar-refractivity contribution < 1.29 is 0 Å².